The summed E-state index contributed by atoms with van der Waals surface area (Å²) in [6.07, 6.45) is 6.02. The standard InChI is InChI=1S/C23H34O6/c1-20-7-4-3-5-15(20)18(24)19(25)17-14(20)6-8-21(2)16(17)13-22-23(21,28-11-9-26-22)29-12-10-27-22/h14-17,19,25H,3-13H2,1-2H3/t14-,15?,16-,17+,19-,20+,21-,22?,23?/m0/s1. The number of aliphatic hydroxyl groups excluding tert-OH is 1. The average molecular weight is 407 g/mol. The molecular formula is C23H34O6. The summed E-state index contributed by atoms with van der Waals surface area (Å²) in [7, 11) is 0. The second kappa shape index (κ2) is 6.04. The molecule has 0 amide bonds. The lowest BCUT2D eigenvalue weighted by Crippen LogP contribution is -2.70. The molecule has 2 saturated heterocycles. The van der Waals surface area contributed by atoms with Crippen molar-refractivity contribution in [1.82, 2.24) is 0 Å². The molecular weight excluding hydrogens is 372 g/mol. The number of hydrogen-bond acceptors (Lipinski definition) is 6. The third-order valence-electron chi connectivity index (χ3n) is 10.0. The van der Waals surface area contributed by atoms with E-state index in [4.69, 9.17) is 18.9 Å². The molecule has 4 saturated carbocycles. The van der Waals surface area contributed by atoms with Crippen LogP contribution < -0.4 is 0 Å². The number of hydrogen-bond donors (Lipinski definition) is 1. The molecule has 29 heavy (non-hydrogen) atoms. The van der Waals surface area contributed by atoms with Gasteiger partial charge in [0.15, 0.2) is 5.78 Å². The van der Waals surface area contributed by atoms with E-state index in [1.807, 2.05) is 0 Å². The van der Waals surface area contributed by atoms with Gasteiger partial charge in [-0.3, -0.25) is 4.79 Å². The molecule has 2 heterocycles. The van der Waals surface area contributed by atoms with E-state index in [1.54, 1.807) is 0 Å². The van der Waals surface area contributed by atoms with Gasteiger partial charge in [-0.1, -0.05) is 26.7 Å². The van der Waals surface area contributed by atoms with E-state index in [9.17, 15) is 9.90 Å². The van der Waals surface area contributed by atoms with E-state index in [1.165, 1.54) is 6.42 Å². The van der Waals surface area contributed by atoms with Crippen molar-refractivity contribution in [3.8, 4) is 0 Å². The quantitative estimate of drug-likeness (QED) is 0.667. The number of ether oxygens (including phenoxy) is 4. The fourth-order valence-electron chi connectivity index (χ4n) is 8.77. The number of ketones is 1. The van der Waals surface area contributed by atoms with Crippen LogP contribution in [0.3, 0.4) is 0 Å². The Kier molecular flexibility index (Phi) is 3.99. The van der Waals surface area contributed by atoms with Crippen LogP contribution in [0.5, 0.6) is 0 Å². The molecule has 0 aromatic heterocycles. The van der Waals surface area contributed by atoms with Crippen molar-refractivity contribution in [3.05, 3.63) is 0 Å². The SMILES string of the molecule is C[C@]12CCCCC1C(=O)[C@@H](O)[C@@H]1[C@@H]2CC[C@@]2(C)[C@H]1CC13OCCOC12OCCO3. The Hall–Kier alpha value is -0.530. The lowest BCUT2D eigenvalue weighted by atomic mass is 9.44. The van der Waals surface area contributed by atoms with Crippen molar-refractivity contribution < 1.29 is 28.8 Å². The zero-order valence-corrected chi connectivity index (χ0v) is 17.7. The zero-order valence-electron chi connectivity index (χ0n) is 17.7. The van der Waals surface area contributed by atoms with Crippen molar-refractivity contribution in [3.63, 3.8) is 0 Å². The van der Waals surface area contributed by atoms with Crippen LogP contribution in [0.1, 0.15) is 58.8 Å². The van der Waals surface area contributed by atoms with E-state index in [0.717, 1.165) is 32.1 Å². The predicted molar refractivity (Wildman–Crippen MR) is 103 cm³/mol. The molecule has 4 aliphatic carbocycles. The van der Waals surface area contributed by atoms with Crippen molar-refractivity contribution >= 4 is 5.78 Å². The first-order chi connectivity index (χ1) is 13.9. The molecule has 7 atom stereocenters. The minimum Gasteiger partial charge on any atom is -0.385 e. The van der Waals surface area contributed by atoms with E-state index in [2.05, 4.69) is 13.8 Å². The second-order valence-electron chi connectivity index (χ2n) is 10.9. The molecule has 0 bridgehead atoms. The molecule has 0 spiro atoms. The third-order valence-corrected chi connectivity index (χ3v) is 10.0. The maximum atomic E-state index is 13.4. The molecule has 0 aromatic carbocycles. The normalized spacial score (nSPS) is 59.1. The van der Waals surface area contributed by atoms with Crippen LogP contribution in [-0.4, -0.2) is 55.0 Å². The van der Waals surface area contributed by atoms with Crippen LogP contribution in [0.25, 0.3) is 0 Å². The monoisotopic (exact) mass is 406 g/mol. The summed E-state index contributed by atoms with van der Waals surface area (Å²) in [5.74, 6) is -1.39. The van der Waals surface area contributed by atoms with E-state index in [0.29, 0.717) is 38.8 Å². The van der Waals surface area contributed by atoms with Crippen molar-refractivity contribution in [2.24, 2.45) is 34.5 Å². The number of aliphatic hydroxyl groups is 1. The van der Waals surface area contributed by atoms with Crippen LogP contribution in [-0.2, 0) is 23.7 Å². The summed E-state index contributed by atoms with van der Waals surface area (Å²) >= 11 is 0. The van der Waals surface area contributed by atoms with Crippen molar-refractivity contribution in [1.29, 1.82) is 0 Å². The van der Waals surface area contributed by atoms with Crippen LogP contribution in [0.2, 0.25) is 0 Å². The Balaban J connectivity index is 1.46. The molecule has 6 nitrogen and oxygen atoms in total. The van der Waals surface area contributed by atoms with Gasteiger partial charge in [0, 0.05) is 17.8 Å². The molecule has 162 valence electrons. The van der Waals surface area contributed by atoms with Gasteiger partial charge in [0.2, 0.25) is 11.6 Å². The summed E-state index contributed by atoms with van der Waals surface area (Å²) in [6.45, 7) is 6.51. The highest BCUT2D eigenvalue weighted by Gasteiger charge is 2.80. The number of carbonyl (C=O) groups excluding carboxylic acids is 1. The van der Waals surface area contributed by atoms with Crippen LogP contribution in [0, 0.1) is 34.5 Å². The molecule has 6 aliphatic rings. The summed E-state index contributed by atoms with van der Waals surface area (Å²) in [6, 6.07) is 0. The van der Waals surface area contributed by atoms with Gasteiger partial charge in [0.05, 0.1) is 26.4 Å². The van der Waals surface area contributed by atoms with Crippen molar-refractivity contribution in [2.45, 2.75) is 76.5 Å². The van der Waals surface area contributed by atoms with Gasteiger partial charge in [-0.15, -0.1) is 0 Å². The van der Waals surface area contributed by atoms with Gasteiger partial charge in [-0.2, -0.15) is 0 Å². The maximum absolute atomic E-state index is 13.4. The molecule has 6 fully saturated rings. The third kappa shape index (κ3) is 2.08. The number of rotatable bonds is 0. The first-order valence-corrected chi connectivity index (χ1v) is 11.7. The molecule has 2 aliphatic heterocycles. The topological polar surface area (TPSA) is 74.2 Å². The highest BCUT2D eigenvalue weighted by molar-refractivity contribution is 5.87. The predicted octanol–water partition coefficient (Wildman–Crippen LogP) is 2.67. The lowest BCUT2D eigenvalue weighted by Gasteiger charge is -2.62. The van der Waals surface area contributed by atoms with Gasteiger partial charge in [0.25, 0.3) is 0 Å². The molecule has 0 radical (unpaired) electrons. The molecule has 1 unspecified atom stereocenters. The summed E-state index contributed by atoms with van der Waals surface area (Å²) in [5, 5.41) is 11.3. The summed E-state index contributed by atoms with van der Waals surface area (Å²) in [4.78, 5) is 13.4. The molecule has 1 N–H and O–H groups in total. The van der Waals surface area contributed by atoms with Crippen LogP contribution >= 0.6 is 0 Å². The summed E-state index contributed by atoms with van der Waals surface area (Å²) in [5.41, 5.74) is -0.341. The smallest absolute Gasteiger partial charge is 0.229 e. The highest BCUT2D eigenvalue weighted by atomic mass is 16.8. The van der Waals surface area contributed by atoms with E-state index in [-0.39, 0.29) is 34.4 Å². The maximum Gasteiger partial charge on any atom is 0.229 e. The fourth-order valence-corrected chi connectivity index (χ4v) is 8.77. The van der Waals surface area contributed by atoms with Crippen molar-refractivity contribution in [2.75, 3.05) is 26.4 Å². The Morgan fingerprint density at radius 1 is 0.897 bits per heavy atom. The van der Waals surface area contributed by atoms with Gasteiger partial charge in [-0.25, -0.2) is 0 Å². The van der Waals surface area contributed by atoms with Gasteiger partial charge in [0.1, 0.15) is 6.10 Å². The van der Waals surface area contributed by atoms with E-state index >= 15 is 0 Å². The number of carbonyl (C=O) groups is 1. The first kappa shape index (κ1) is 19.2. The Morgan fingerprint density at radius 3 is 2.31 bits per heavy atom. The zero-order chi connectivity index (χ0) is 20.1. The van der Waals surface area contributed by atoms with Crippen LogP contribution in [0.4, 0.5) is 0 Å². The molecule has 6 rings (SSSR count). The molecule has 0 aromatic rings. The average Bonchev–Trinajstić information content (AvgIpc) is 2.98. The minimum absolute atomic E-state index is 0.00173. The first-order valence-electron chi connectivity index (χ1n) is 11.7. The minimum atomic E-state index is -0.931. The second-order valence-corrected chi connectivity index (χ2v) is 10.9. The lowest BCUT2D eigenvalue weighted by molar-refractivity contribution is -0.474. The number of fused-ring (bicyclic) bond motifs is 5. The Labute approximate surface area is 172 Å². The highest BCUT2D eigenvalue weighted by Crippen LogP contribution is 2.72. The Bertz CT molecular complexity index is 710. The van der Waals surface area contributed by atoms with Gasteiger partial charge >= 0.3 is 0 Å². The van der Waals surface area contributed by atoms with Crippen LogP contribution in [0.15, 0.2) is 0 Å². The molecule has 6 heteroatoms. The fraction of sp³-hybridized carbons (Fsp3) is 0.957. The van der Waals surface area contributed by atoms with Gasteiger partial charge < -0.3 is 24.1 Å². The number of Topliss-reactive ketones (excluding diaryl/α,β-unsaturated/α-hetero) is 1. The van der Waals surface area contributed by atoms with Gasteiger partial charge in [-0.05, 0) is 48.9 Å². The summed E-state index contributed by atoms with van der Waals surface area (Å²) < 4.78 is 25.3. The van der Waals surface area contributed by atoms with E-state index < -0.39 is 17.7 Å². The Morgan fingerprint density at radius 2 is 1.59 bits per heavy atom. The largest absolute Gasteiger partial charge is 0.385 e.